The minimum absolute atomic E-state index is 0.0792. The smallest absolute Gasteiger partial charge is 0.350 e. The van der Waals surface area contributed by atoms with E-state index in [1.54, 1.807) is 25.2 Å². The first-order valence-electron chi connectivity index (χ1n) is 13.2. The molecular weight excluding hydrogens is 496 g/mol. The summed E-state index contributed by atoms with van der Waals surface area (Å²) in [5, 5.41) is 5.20. The van der Waals surface area contributed by atoms with E-state index >= 15 is 0 Å². The van der Waals surface area contributed by atoms with Crippen LogP contribution < -0.4 is 15.0 Å². The average Bonchev–Trinajstić information content (AvgIpc) is 3.42. The minimum Gasteiger partial charge on any atom is -0.476 e. The number of amides is 1. The number of carbonyl (C=O) groups excluding carboxylic acids is 2. The van der Waals surface area contributed by atoms with Gasteiger partial charge in [0.25, 0.3) is 0 Å². The molecule has 0 radical (unpaired) electrons. The summed E-state index contributed by atoms with van der Waals surface area (Å²) in [7, 11) is 0. The van der Waals surface area contributed by atoms with E-state index in [9.17, 15) is 9.59 Å². The second-order valence-corrected chi connectivity index (χ2v) is 12.2. The third-order valence-corrected chi connectivity index (χ3v) is 7.38. The lowest BCUT2D eigenvalue weighted by atomic mass is 9.96. The topological polar surface area (TPSA) is 67.9 Å². The van der Waals surface area contributed by atoms with Gasteiger partial charge in [-0.15, -0.1) is 11.3 Å². The summed E-state index contributed by atoms with van der Waals surface area (Å²) in [6.07, 6.45) is 1.80. The second-order valence-electron chi connectivity index (χ2n) is 11.3. The van der Waals surface area contributed by atoms with Gasteiger partial charge in [0.2, 0.25) is 5.91 Å². The average molecular weight is 535 g/mol. The number of thiophene rings is 1. The van der Waals surface area contributed by atoms with Crippen LogP contribution in [0.3, 0.4) is 0 Å². The minimum atomic E-state index is -1.13. The summed E-state index contributed by atoms with van der Waals surface area (Å²) in [6.45, 7) is 11.0. The largest absolute Gasteiger partial charge is 0.476 e. The molecule has 3 aromatic rings. The lowest BCUT2D eigenvalue weighted by Gasteiger charge is -2.34. The van der Waals surface area contributed by atoms with Gasteiger partial charge in [-0.3, -0.25) is 4.79 Å². The van der Waals surface area contributed by atoms with Gasteiger partial charge < -0.3 is 19.7 Å². The molecule has 1 aromatic heterocycles. The highest BCUT2D eigenvalue weighted by molar-refractivity contribution is 7.13. The van der Waals surface area contributed by atoms with Crippen molar-refractivity contribution in [2.75, 3.05) is 18.0 Å². The third kappa shape index (κ3) is 7.38. The Bertz CT molecular complexity index is 1230. The molecule has 38 heavy (non-hydrogen) atoms. The first-order chi connectivity index (χ1) is 18.0. The molecule has 1 saturated heterocycles. The zero-order valence-corrected chi connectivity index (χ0v) is 23.8. The SMILES string of the molecule is CC(C)(C)OC(=O)C(C)(C)Oc1cccc(N2CCCC(C(=O)NCc3ccc(-c4cccs4)cc3)C2)c1. The van der Waals surface area contributed by atoms with E-state index in [1.165, 1.54) is 10.4 Å². The van der Waals surface area contributed by atoms with Gasteiger partial charge in [-0.1, -0.05) is 36.4 Å². The van der Waals surface area contributed by atoms with Gasteiger partial charge in [-0.2, -0.15) is 0 Å². The van der Waals surface area contributed by atoms with Crippen molar-refractivity contribution in [1.29, 1.82) is 0 Å². The molecule has 1 aliphatic rings. The van der Waals surface area contributed by atoms with Crippen LogP contribution >= 0.6 is 11.3 Å². The summed E-state index contributed by atoms with van der Waals surface area (Å²) < 4.78 is 11.6. The summed E-state index contributed by atoms with van der Waals surface area (Å²) >= 11 is 1.72. The fourth-order valence-corrected chi connectivity index (χ4v) is 5.20. The van der Waals surface area contributed by atoms with Gasteiger partial charge in [0.1, 0.15) is 11.4 Å². The molecule has 1 amide bonds. The summed E-state index contributed by atoms with van der Waals surface area (Å²) in [5.41, 5.74) is 1.54. The van der Waals surface area contributed by atoms with Gasteiger partial charge in [-0.05, 0) is 82.2 Å². The first-order valence-corrected chi connectivity index (χ1v) is 14.1. The van der Waals surface area contributed by atoms with Crippen LogP contribution in [-0.2, 0) is 20.9 Å². The molecule has 0 aliphatic carbocycles. The number of esters is 1. The maximum absolute atomic E-state index is 13.0. The Morgan fingerprint density at radius 1 is 1.03 bits per heavy atom. The number of carbonyl (C=O) groups is 2. The number of rotatable bonds is 8. The number of nitrogens with zero attached hydrogens (tertiary/aromatic N) is 1. The molecule has 1 unspecified atom stereocenters. The summed E-state index contributed by atoms with van der Waals surface area (Å²) in [6, 6.07) is 20.2. The molecule has 0 bridgehead atoms. The standard InChI is InChI=1S/C31H38N2O4S/c1-30(2,3)37-29(35)31(4,5)36-26-11-6-10-25(19-26)33-17-7-9-24(21-33)28(34)32-20-22-13-15-23(16-14-22)27-12-8-18-38-27/h6,8,10-16,18-19,24H,7,9,17,20-21H2,1-5H3,(H,32,34). The summed E-state index contributed by atoms with van der Waals surface area (Å²) in [5.74, 6) is 0.176. The maximum atomic E-state index is 13.0. The molecule has 7 heteroatoms. The number of anilines is 1. The number of piperidine rings is 1. The lowest BCUT2D eigenvalue weighted by molar-refractivity contribution is -0.170. The highest BCUT2D eigenvalue weighted by Gasteiger charge is 2.35. The van der Waals surface area contributed by atoms with Crippen LogP contribution in [0.5, 0.6) is 5.75 Å². The van der Waals surface area contributed by atoms with Crippen molar-refractivity contribution in [1.82, 2.24) is 5.32 Å². The predicted octanol–water partition coefficient (Wildman–Crippen LogP) is 6.45. The fourth-order valence-electron chi connectivity index (χ4n) is 4.47. The molecule has 2 heterocycles. The van der Waals surface area contributed by atoms with E-state index in [4.69, 9.17) is 9.47 Å². The molecule has 6 nitrogen and oxygen atoms in total. The predicted molar refractivity (Wildman–Crippen MR) is 154 cm³/mol. The molecule has 202 valence electrons. The van der Waals surface area contributed by atoms with Crippen molar-refractivity contribution in [3.8, 4) is 16.2 Å². The van der Waals surface area contributed by atoms with E-state index in [0.29, 0.717) is 18.8 Å². The van der Waals surface area contributed by atoms with Gasteiger partial charge in [0, 0.05) is 36.3 Å². The van der Waals surface area contributed by atoms with Crippen LogP contribution in [0.4, 0.5) is 5.69 Å². The van der Waals surface area contributed by atoms with Crippen LogP contribution in [-0.4, -0.2) is 36.2 Å². The molecule has 1 aliphatic heterocycles. The number of ether oxygens (including phenoxy) is 2. The molecule has 1 N–H and O–H groups in total. The highest BCUT2D eigenvalue weighted by Crippen LogP contribution is 2.29. The molecule has 0 spiro atoms. The Morgan fingerprint density at radius 3 is 2.47 bits per heavy atom. The van der Waals surface area contributed by atoms with E-state index < -0.39 is 17.2 Å². The summed E-state index contributed by atoms with van der Waals surface area (Å²) in [4.78, 5) is 29.1. The van der Waals surface area contributed by atoms with E-state index in [2.05, 4.69) is 52.0 Å². The van der Waals surface area contributed by atoms with Crippen molar-refractivity contribution in [3.05, 3.63) is 71.6 Å². The Morgan fingerprint density at radius 2 is 1.79 bits per heavy atom. The molecular formula is C31H38N2O4S. The Kier molecular flexibility index (Phi) is 8.46. The van der Waals surface area contributed by atoms with Crippen LogP contribution in [0.1, 0.15) is 53.0 Å². The van der Waals surface area contributed by atoms with E-state index in [0.717, 1.165) is 30.6 Å². The maximum Gasteiger partial charge on any atom is 0.350 e. The van der Waals surface area contributed by atoms with Crippen LogP contribution in [0, 0.1) is 5.92 Å². The number of nitrogens with one attached hydrogen (secondary N) is 1. The lowest BCUT2D eigenvalue weighted by Crippen LogP contribution is -2.43. The zero-order valence-electron chi connectivity index (χ0n) is 23.0. The van der Waals surface area contributed by atoms with Gasteiger partial charge in [0.05, 0.1) is 5.92 Å². The first kappa shape index (κ1) is 27.7. The molecule has 2 aromatic carbocycles. The van der Waals surface area contributed by atoms with Crippen molar-refractivity contribution < 1.29 is 19.1 Å². The van der Waals surface area contributed by atoms with Gasteiger partial charge >= 0.3 is 5.97 Å². The number of benzene rings is 2. The van der Waals surface area contributed by atoms with Gasteiger partial charge in [-0.25, -0.2) is 4.79 Å². The quantitative estimate of drug-likeness (QED) is 0.337. The van der Waals surface area contributed by atoms with E-state index in [1.807, 2.05) is 45.0 Å². The monoisotopic (exact) mass is 534 g/mol. The zero-order chi connectivity index (χ0) is 27.3. The Hall–Kier alpha value is -3.32. The van der Waals surface area contributed by atoms with Crippen molar-refractivity contribution in [3.63, 3.8) is 0 Å². The molecule has 1 atom stereocenters. The van der Waals surface area contributed by atoms with Gasteiger partial charge in [0.15, 0.2) is 5.60 Å². The van der Waals surface area contributed by atoms with Crippen LogP contribution in [0.2, 0.25) is 0 Å². The van der Waals surface area contributed by atoms with Crippen LogP contribution in [0.15, 0.2) is 66.0 Å². The molecule has 4 rings (SSSR count). The van der Waals surface area contributed by atoms with Crippen molar-refractivity contribution in [2.45, 2.75) is 65.2 Å². The van der Waals surface area contributed by atoms with Crippen molar-refractivity contribution >= 4 is 28.9 Å². The highest BCUT2D eigenvalue weighted by atomic mass is 32.1. The fraction of sp³-hybridized carbons (Fsp3) is 0.419. The molecule has 1 fully saturated rings. The Labute approximate surface area is 230 Å². The second kappa shape index (κ2) is 11.6. The number of hydrogen-bond donors (Lipinski definition) is 1. The number of hydrogen-bond acceptors (Lipinski definition) is 6. The third-order valence-electron chi connectivity index (χ3n) is 6.46. The van der Waals surface area contributed by atoms with Crippen LogP contribution in [0.25, 0.3) is 10.4 Å². The van der Waals surface area contributed by atoms with E-state index in [-0.39, 0.29) is 11.8 Å². The van der Waals surface area contributed by atoms with Crippen molar-refractivity contribution in [2.24, 2.45) is 5.92 Å². The Balaban J connectivity index is 1.33. The normalized spacial score (nSPS) is 16.1. The molecule has 0 saturated carbocycles.